The van der Waals surface area contributed by atoms with Crippen LogP contribution in [0.5, 0.6) is 0 Å². The van der Waals surface area contributed by atoms with Crippen LogP contribution in [0, 0.1) is 11.7 Å². The molecule has 0 aromatic heterocycles. The van der Waals surface area contributed by atoms with Crippen LogP contribution in [-0.4, -0.2) is 37.3 Å². The summed E-state index contributed by atoms with van der Waals surface area (Å²) in [5.74, 6) is -0.0419. The van der Waals surface area contributed by atoms with Crippen molar-refractivity contribution in [3.8, 4) is 0 Å². The van der Waals surface area contributed by atoms with Gasteiger partial charge in [-0.3, -0.25) is 4.90 Å². The summed E-state index contributed by atoms with van der Waals surface area (Å²) in [6.07, 6.45) is -3.34. The molecule has 0 radical (unpaired) electrons. The summed E-state index contributed by atoms with van der Waals surface area (Å²) < 4.78 is 49.8. The molecule has 6 heteroatoms. The number of nitrogens with zero attached hydrogens (tertiary/aromatic N) is 1. The van der Waals surface area contributed by atoms with Gasteiger partial charge in [0.15, 0.2) is 0 Å². The largest absolute Gasteiger partial charge is 0.401 e. The zero-order valence-electron chi connectivity index (χ0n) is 12.0. The molecule has 2 unspecified atom stereocenters. The molecule has 0 aliphatic carbocycles. The van der Waals surface area contributed by atoms with Gasteiger partial charge in [0.05, 0.1) is 6.54 Å². The summed E-state index contributed by atoms with van der Waals surface area (Å²) in [7, 11) is 0. The molecule has 1 heterocycles. The van der Waals surface area contributed by atoms with Crippen molar-refractivity contribution in [1.29, 1.82) is 0 Å². The number of likely N-dealkylation sites (tertiary alicyclic amines) is 1. The average molecular weight is 304 g/mol. The Kier molecular flexibility index (Phi) is 5.22. The van der Waals surface area contributed by atoms with Crippen LogP contribution in [-0.2, 0) is 0 Å². The molecule has 0 spiro atoms. The Morgan fingerprint density at radius 2 is 1.95 bits per heavy atom. The number of halogens is 4. The first-order chi connectivity index (χ1) is 9.83. The molecule has 0 bridgehead atoms. The van der Waals surface area contributed by atoms with Gasteiger partial charge in [0.25, 0.3) is 0 Å². The van der Waals surface area contributed by atoms with E-state index in [4.69, 9.17) is 0 Å². The monoisotopic (exact) mass is 304 g/mol. The summed E-state index contributed by atoms with van der Waals surface area (Å²) in [5, 5.41) is 3.31. The third-order valence-electron chi connectivity index (χ3n) is 3.86. The first kappa shape index (κ1) is 16.2. The van der Waals surface area contributed by atoms with Crippen LogP contribution in [0.1, 0.15) is 24.9 Å². The molecule has 1 N–H and O–H groups in total. The molecular weight excluding hydrogens is 284 g/mol. The fourth-order valence-corrected chi connectivity index (χ4v) is 2.69. The van der Waals surface area contributed by atoms with Gasteiger partial charge in [0, 0.05) is 12.6 Å². The zero-order valence-corrected chi connectivity index (χ0v) is 12.0. The van der Waals surface area contributed by atoms with E-state index in [9.17, 15) is 17.6 Å². The molecular formula is C15H20F4N2. The van der Waals surface area contributed by atoms with E-state index in [1.54, 1.807) is 12.1 Å². The summed E-state index contributed by atoms with van der Waals surface area (Å²) >= 11 is 0. The highest BCUT2D eigenvalue weighted by Crippen LogP contribution is 2.23. The van der Waals surface area contributed by atoms with Crippen molar-refractivity contribution in [3.05, 3.63) is 35.6 Å². The fourth-order valence-electron chi connectivity index (χ4n) is 2.69. The van der Waals surface area contributed by atoms with E-state index in [0.29, 0.717) is 19.6 Å². The zero-order chi connectivity index (χ0) is 15.5. The molecule has 1 aliphatic rings. The van der Waals surface area contributed by atoms with Gasteiger partial charge in [0.1, 0.15) is 5.82 Å². The molecule has 0 saturated carbocycles. The second-order valence-electron chi connectivity index (χ2n) is 5.69. The molecule has 1 fully saturated rings. The van der Waals surface area contributed by atoms with Crippen molar-refractivity contribution >= 4 is 0 Å². The van der Waals surface area contributed by atoms with E-state index < -0.39 is 12.7 Å². The highest BCUT2D eigenvalue weighted by atomic mass is 19.4. The number of alkyl halides is 3. The van der Waals surface area contributed by atoms with E-state index in [-0.39, 0.29) is 17.8 Å². The Balaban J connectivity index is 1.75. The van der Waals surface area contributed by atoms with Crippen molar-refractivity contribution < 1.29 is 17.6 Å². The summed E-state index contributed by atoms with van der Waals surface area (Å²) in [4.78, 5) is 1.45. The molecule has 2 nitrogen and oxygen atoms in total. The number of hydrogen-bond acceptors (Lipinski definition) is 2. The molecule has 1 aromatic rings. The van der Waals surface area contributed by atoms with Crippen molar-refractivity contribution in [2.75, 3.05) is 26.2 Å². The standard InChI is InChI=1S/C15H20F4N2/c1-11(13-2-4-14(16)5-3-13)20-8-12-6-7-21(9-12)10-15(17,18)19/h2-5,11-12,20H,6-10H2,1H3. The molecule has 1 aliphatic heterocycles. The maximum absolute atomic E-state index is 12.8. The highest BCUT2D eigenvalue weighted by molar-refractivity contribution is 5.19. The topological polar surface area (TPSA) is 15.3 Å². The Labute approximate surface area is 122 Å². The maximum atomic E-state index is 12.8. The van der Waals surface area contributed by atoms with Crippen LogP contribution < -0.4 is 5.32 Å². The summed E-state index contributed by atoms with van der Waals surface area (Å²) in [6, 6.07) is 6.32. The van der Waals surface area contributed by atoms with Gasteiger partial charge >= 0.3 is 6.18 Å². The third kappa shape index (κ3) is 5.28. The SMILES string of the molecule is CC(NCC1CCN(CC(F)(F)F)C1)c1ccc(F)cc1. The predicted molar refractivity (Wildman–Crippen MR) is 73.4 cm³/mol. The summed E-state index contributed by atoms with van der Waals surface area (Å²) in [6.45, 7) is 2.79. The summed E-state index contributed by atoms with van der Waals surface area (Å²) in [5.41, 5.74) is 0.974. The van der Waals surface area contributed by atoms with E-state index in [1.165, 1.54) is 17.0 Å². The second kappa shape index (κ2) is 6.75. The van der Waals surface area contributed by atoms with Crippen molar-refractivity contribution in [2.24, 2.45) is 5.92 Å². The second-order valence-corrected chi connectivity index (χ2v) is 5.69. The molecule has 2 atom stereocenters. The van der Waals surface area contributed by atoms with Crippen molar-refractivity contribution in [1.82, 2.24) is 10.2 Å². The average Bonchev–Trinajstić information content (AvgIpc) is 2.82. The molecule has 118 valence electrons. The van der Waals surface area contributed by atoms with Gasteiger partial charge in [-0.1, -0.05) is 12.1 Å². The number of rotatable bonds is 5. The lowest BCUT2D eigenvalue weighted by Gasteiger charge is -2.19. The lowest BCUT2D eigenvalue weighted by atomic mass is 10.1. The van der Waals surface area contributed by atoms with E-state index in [2.05, 4.69) is 5.32 Å². The molecule has 0 amide bonds. The minimum Gasteiger partial charge on any atom is -0.310 e. The van der Waals surface area contributed by atoms with Crippen molar-refractivity contribution in [3.63, 3.8) is 0 Å². The number of hydrogen-bond donors (Lipinski definition) is 1. The smallest absolute Gasteiger partial charge is 0.310 e. The lowest BCUT2D eigenvalue weighted by Crippen LogP contribution is -2.34. The normalized spacial score (nSPS) is 21.7. The van der Waals surface area contributed by atoms with Crippen LogP contribution in [0.25, 0.3) is 0 Å². The van der Waals surface area contributed by atoms with Gasteiger partial charge < -0.3 is 5.32 Å². The van der Waals surface area contributed by atoms with E-state index in [0.717, 1.165) is 12.0 Å². The third-order valence-corrected chi connectivity index (χ3v) is 3.86. The minimum atomic E-state index is -4.12. The van der Waals surface area contributed by atoms with Gasteiger partial charge in [-0.25, -0.2) is 4.39 Å². The minimum absolute atomic E-state index is 0.0577. The van der Waals surface area contributed by atoms with Gasteiger partial charge in [-0.15, -0.1) is 0 Å². The Bertz CT molecular complexity index is 444. The fraction of sp³-hybridized carbons (Fsp3) is 0.600. The first-order valence-electron chi connectivity index (χ1n) is 7.11. The first-order valence-corrected chi connectivity index (χ1v) is 7.11. The number of benzene rings is 1. The number of nitrogens with one attached hydrogen (secondary N) is 1. The van der Waals surface area contributed by atoms with E-state index >= 15 is 0 Å². The predicted octanol–water partition coefficient (Wildman–Crippen LogP) is 3.36. The van der Waals surface area contributed by atoms with Crippen LogP contribution in [0.15, 0.2) is 24.3 Å². The van der Waals surface area contributed by atoms with Crippen molar-refractivity contribution in [2.45, 2.75) is 25.6 Å². The van der Waals surface area contributed by atoms with Crippen LogP contribution >= 0.6 is 0 Å². The lowest BCUT2D eigenvalue weighted by molar-refractivity contribution is -0.143. The highest BCUT2D eigenvalue weighted by Gasteiger charge is 2.34. The molecule has 1 saturated heterocycles. The van der Waals surface area contributed by atoms with Gasteiger partial charge in [-0.2, -0.15) is 13.2 Å². The Morgan fingerprint density at radius 1 is 1.29 bits per heavy atom. The Morgan fingerprint density at radius 3 is 2.57 bits per heavy atom. The Hall–Kier alpha value is -1.14. The molecule has 21 heavy (non-hydrogen) atoms. The van der Waals surface area contributed by atoms with Crippen LogP contribution in [0.3, 0.4) is 0 Å². The van der Waals surface area contributed by atoms with Crippen LogP contribution in [0.4, 0.5) is 17.6 Å². The van der Waals surface area contributed by atoms with Gasteiger partial charge in [-0.05, 0) is 50.0 Å². The quantitative estimate of drug-likeness (QED) is 0.839. The van der Waals surface area contributed by atoms with Gasteiger partial charge in [0.2, 0.25) is 0 Å². The molecule has 1 aromatic carbocycles. The maximum Gasteiger partial charge on any atom is 0.401 e. The van der Waals surface area contributed by atoms with E-state index in [1.807, 2.05) is 6.92 Å². The molecule has 2 rings (SSSR count). The van der Waals surface area contributed by atoms with Crippen LogP contribution in [0.2, 0.25) is 0 Å².